The zero-order chi connectivity index (χ0) is 14.8. The van der Waals surface area contributed by atoms with Gasteiger partial charge in [-0.25, -0.2) is 4.39 Å². The molecule has 1 unspecified atom stereocenters. The summed E-state index contributed by atoms with van der Waals surface area (Å²) in [5, 5.41) is 10.3. The minimum Gasteiger partial charge on any atom is -0.494 e. The summed E-state index contributed by atoms with van der Waals surface area (Å²) in [6, 6.07) is 10.6. The lowest BCUT2D eigenvalue weighted by atomic mass is 9.98. The molecule has 0 spiro atoms. The first kappa shape index (κ1) is 14.0. The molecule has 0 bridgehead atoms. The maximum Gasteiger partial charge on any atom is 0.165 e. The molecule has 0 saturated carbocycles. The molecule has 1 aliphatic heterocycles. The van der Waals surface area contributed by atoms with Crippen LogP contribution in [0.5, 0.6) is 5.75 Å². The van der Waals surface area contributed by atoms with Gasteiger partial charge in [0.1, 0.15) is 0 Å². The Morgan fingerprint density at radius 1 is 1.19 bits per heavy atom. The summed E-state index contributed by atoms with van der Waals surface area (Å²) >= 11 is 0. The summed E-state index contributed by atoms with van der Waals surface area (Å²) in [5.41, 5.74) is 3.85. The zero-order valence-corrected chi connectivity index (χ0v) is 11.8. The summed E-state index contributed by atoms with van der Waals surface area (Å²) < 4.78 is 23.9. The predicted molar refractivity (Wildman–Crippen MR) is 76.6 cm³/mol. The third-order valence-corrected chi connectivity index (χ3v) is 3.78. The first-order chi connectivity index (χ1) is 10.2. The van der Waals surface area contributed by atoms with Crippen LogP contribution in [0.4, 0.5) is 4.39 Å². The summed E-state index contributed by atoms with van der Waals surface area (Å²) in [4.78, 5) is 0. The molecule has 3 nitrogen and oxygen atoms in total. The van der Waals surface area contributed by atoms with Crippen molar-refractivity contribution >= 4 is 0 Å². The van der Waals surface area contributed by atoms with E-state index < -0.39 is 11.9 Å². The van der Waals surface area contributed by atoms with Crippen LogP contribution in [0.25, 0.3) is 0 Å². The van der Waals surface area contributed by atoms with Gasteiger partial charge in [0, 0.05) is 6.42 Å². The van der Waals surface area contributed by atoms with Gasteiger partial charge in [0.15, 0.2) is 11.6 Å². The van der Waals surface area contributed by atoms with E-state index in [0.717, 1.165) is 16.7 Å². The number of hydrogen-bond acceptors (Lipinski definition) is 3. The molecular formula is C17H17FO3. The number of aliphatic hydroxyl groups excluding tert-OH is 1. The molecule has 1 atom stereocenters. The van der Waals surface area contributed by atoms with E-state index >= 15 is 0 Å². The number of benzene rings is 2. The summed E-state index contributed by atoms with van der Waals surface area (Å²) in [5.74, 6) is -0.201. The molecule has 21 heavy (non-hydrogen) atoms. The molecule has 0 saturated heterocycles. The first-order valence-electron chi connectivity index (χ1n) is 6.87. The molecule has 0 aromatic heterocycles. The van der Waals surface area contributed by atoms with Crippen LogP contribution in [-0.2, 0) is 24.4 Å². The van der Waals surface area contributed by atoms with Crippen LogP contribution in [0.3, 0.4) is 0 Å². The second-order valence-corrected chi connectivity index (χ2v) is 5.21. The predicted octanol–water partition coefficient (Wildman–Crippen LogP) is 3.14. The maximum absolute atomic E-state index is 13.7. The SMILES string of the molecule is COc1ccc(CC(O)c2ccc3c(c2)COC3)cc1F. The summed E-state index contributed by atoms with van der Waals surface area (Å²) in [6.07, 6.45) is -0.302. The zero-order valence-electron chi connectivity index (χ0n) is 11.8. The maximum atomic E-state index is 13.7. The number of rotatable bonds is 4. The highest BCUT2D eigenvalue weighted by molar-refractivity contribution is 5.35. The fraction of sp³-hybridized carbons (Fsp3) is 0.294. The Morgan fingerprint density at radius 2 is 2.00 bits per heavy atom. The highest BCUT2D eigenvalue weighted by Crippen LogP contribution is 2.27. The Labute approximate surface area is 122 Å². The monoisotopic (exact) mass is 288 g/mol. The topological polar surface area (TPSA) is 38.7 Å². The van der Waals surface area contributed by atoms with Gasteiger partial charge >= 0.3 is 0 Å². The van der Waals surface area contributed by atoms with Crippen LogP contribution in [0.15, 0.2) is 36.4 Å². The standard InChI is InChI=1S/C17H17FO3/c1-20-17-5-2-11(6-15(17)18)7-16(19)12-3-4-13-9-21-10-14(13)8-12/h2-6,8,16,19H,7,9-10H2,1H3. The highest BCUT2D eigenvalue weighted by atomic mass is 19.1. The average Bonchev–Trinajstić information content (AvgIpc) is 2.94. The van der Waals surface area contributed by atoms with Crippen LogP contribution >= 0.6 is 0 Å². The van der Waals surface area contributed by atoms with Crippen molar-refractivity contribution in [3.8, 4) is 5.75 Å². The fourth-order valence-electron chi connectivity index (χ4n) is 2.58. The lowest BCUT2D eigenvalue weighted by Gasteiger charge is -2.13. The van der Waals surface area contributed by atoms with Crippen molar-refractivity contribution in [2.45, 2.75) is 25.7 Å². The Morgan fingerprint density at radius 3 is 2.76 bits per heavy atom. The first-order valence-corrected chi connectivity index (χ1v) is 6.87. The number of ether oxygens (including phenoxy) is 2. The largest absolute Gasteiger partial charge is 0.494 e. The van der Waals surface area contributed by atoms with Gasteiger partial charge < -0.3 is 14.6 Å². The van der Waals surface area contributed by atoms with Crippen molar-refractivity contribution in [1.82, 2.24) is 0 Å². The number of methoxy groups -OCH3 is 1. The molecule has 4 heteroatoms. The van der Waals surface area contributed by atoms with Crippen LogP contribution < -0.4 is 4.74 Å². The fourth-order valence-corrected chi connectivity index (χ4v) is 2.58. The van der Waals surface area contributed by atoms with Crippen molar-refractivity contribution in [2.75, 3.05) is 7.11 Å². The Balaban J connectivity index is 1.76. The molecule has 0 radical (unpaired) electrons. The lowest BCUT2D eigenvalue weighted by Crippen LogP contribution is -2.03. The number of aliphatic hydroxyl groups is 1. The van der Waals surface area contributed by atoms with Gasteiger partial charge in [0.2, 0.25) is 0 Å². The minimum absolute atomic E-state index is 0.211. The highest BCUT2D eigenvalue weighted by Gasteiger charge is 2.15. The smallest absolute Gasteiger partial charge is 0.165 e. The van der Waals surface area contributed by atoms with E-state index in [9.17, 15) is 9.50 Å². The van der Waals surface area contributed by atoms with Crippen LogP contribution in [0, 0.1) is 5.82 Å². The van der Waals surface area contributed by atoms with Crippen LogP contribution in [-0.4, -0.2) is 12.2 Å². The van der Waals surface area contributed by atoms with E-state index in [-0.39, 0.29) is 5.75 Å². The van der Waals surface area contributed by atoms with Gasteiger partial charge in [0.05, 0.1) is 26.4 Å². The van der Waals surface area contributed by atoms with Gasteiger partial charge in [-0.2, -0.15) is 0 Å². The van der Waals surface area contributed by atoms with Gasteiger partial charge in [-0.15, -0.1) is 0 Å². The molecule has 1 aliphatic rings. The van der Waals surface area contributed by atoms with E-state index in [0.29, 0.717) is 19.6 Å². The Kier molecular flexibility index (Phi) is 3.90. The molecule has 0 amide bonds. The molecule has 1 N–H and O–H groups in total. The van der Waals surface area contributed by atoms with Crippen molar-refractivity contribution in [3.63, 3.8) is 0 Å². The molecule has 0 aliphatic carbocycles. The van der Waals surface area contributed by atoms with E-state index in [4.69, 9.17) is 9.47 Å². The second kappa shape index (κ2) is 5.84. The van der Waals surface area contributed by atoms with Gasteiger partial charge in [0.25, 0.3) is 0 Å². The van der Waals surface area contributed by atoms with Crippen molar-refractivity contribution in [2.24, 2.45) is 0 Å². The Hall–Kier alpha value is -1.91. The van der Waals surface area contributed by atoms with Gasteiger partial charge in [-0.1, -0.05) is 24.3 Å². The average molecular weight is 288 g/mol. The quantitative estimate of drug-likeness (QED) is 0.939. The van der Waals surface area contributed by atoms with Crippen LogP contribution in [0.1, 0.15) is 28.4 Å². The molecule has 2 aromatic carbocycles. The summed E-state index contributed by atoms with van der Waals surface area (Å²) in [7, 11) is 1.43. The molecular weight excluding hydrogens is 271 g/mol. The number of hydrogen-bond donors (Lipinski definition) is 1. The van der Waals surface area contributed by atoms with E-state index in [2.05, 4.69) is 0 Å². The van der Waals surface area contributed by atoms with Crippen LogP contribution in [0.2, 0.25) is 0 Å². The number of fused-ring (bicyclic) bond motifs is 1. The molecule has 3 rings (SSSR count). The Bertz CT molecular complexity index is 654. The third kappa shape index (κ3) is 2.91. The third-order valence-electron chi connectivity index (χ3n) is 3.78. The second-order valence-electron chi connectivity index (χ2n) is 5.21. The van der Waals surface area contributed by atoms with Crippen molar-refractivity contribution < 1.29 is 19.0 Å². The van der Waals surface area contributed by atoms with E-state index in [1.807, 2.05) is 18.2 Å². The molecule has 0 fully saturated rings. The van der Waals surface area contributed by atoms with E-state index in [1.165, 1.54) is 18.7 Å². The minimum atomic E-state index is -0.663. The molecule has 2 aromatic rings. The normalized spacial score (nSPS) is 14.8. The van der Waals surface area contributed by atoms with Crippen molar-refractivity contribution in [3.05, 3.63) is 64.5 Å². The lowest BCUT2D eigenvalue weighted by molar-refractivity contribution is 0.134. The van der Waals surface area contributed by atoms with Crippen molar-refractivity contribution in [1.29, 1.82) is 0 Å². The van der Waals surface area contributed by atoms with E-state index in [1.54, 1.807) is 12.1 Å². The summed E-state index contributed by atoms with van der Waals surface area (Å²) in [6.45, 7) is 1.22. The van der Waals surface area contributed by atoms with Gasteiger partial charge in [-0.05, 0) is 34.4 Å². The molecule has 110 valence electrons. The molecule has 1 heterocycles. The number of halogens is 1. The van der Waals surface area contributed by atoms with Gasteiger partial charge in [-0.3, -0.25) is 0 Å².